The van der Waals surface area contributed by atoms with Crippen LogP contribution in [0.25, 0.3) is 17.0 Å². The fraction of sp³-hybridized carbons (Fsp3) is 0.300. The molecule has 144 valence electrons. The number of nitrogens with one attached hydrogen (secondary N) is 1. The smallest absolute Gasteiger partial charge is 0.265 e. The molecule has 0 bridgehead atoms. The highest BCUT2D eigenvalue weighted by Gasteiger charge is 2.31. The van der Waals surface area contributed by atoms with Crippen LogP contribution in [0.1, 0.15) is 18.4 Å². The van der Waals surface area contributed by atoms with Crippen LogP contribution in [0.5, 0.6) is 0 Å². The van der Waals surface area contributed by atoms with Crippen molar-refractivity contribution in [3.63, 3.8) is 0 Å². The third kappa shape index (κ3) is 3.20. The number of para-hydroxylation sites is 1. The van der Waals surface area contributed by atoms with E-state index in [0.717, 1.165) is 36.8 Å². The van der Waals surface area contributed by atoms with Crippen molar-refractivity contribution in [2.45, 2.75) is 19.4 Å². The number of hydrogen-bond donors (Lipinski definition) is 1. The van der Waals surface area contributed by atoms with E-state index in [1.165, 1.54) is 11.9 Å². The Labute approximate surface area is 167 Å². The number of nitrogens with zero attached hydrogens (tertiary/aromatic N) is 3. The average molecular weight is 396 g/mol. The summed E-state index contributed by atoms with van der Waals surface area (Å²) < 4.78 is 1.88. The van der Waals surface area contributed by atoms with Crippen LogP contribution in [0.4, 0.5) is 0 Å². The second kappa shape index (κ2) is 7.20. The van der Waals surface area contributed by atoms with Crippen LogP contribution < -0.4 is 5.32 Å². The molecule has 0 aliphatic carbocycles. The fourth-order valence-corrected chi connectivity index (χ4v) is 3.81. The van der Waals surface area contributed by atoms with Crippen molar-refractivity contribution in [2.24, 2.45) is 0 Å². The SMILES string of the molecule is CN1C(=O)/C(=C/c2cn(CC(=O)N3CCCC3)c3ccccc23)C(=O)NC1=S. The standard InChI is InChI=1S/C20H20N4O3S/c1-22-19(27)15(18(26)21-20(22)28)10-13-11-24(16-7-3-2-6-14(13)16)12-17(25)23-8-4-5-9-23/h2-3,6-7,10-11H,4-5,8-9,12H2,1H3,(H,21,26,28)/b15-10+. The van der Waals surface area contributed by atoms with E-state index in [9.17, 15) is 14.4 Å². The van der Waals surface area contributed by atoms with Crippen LogP contribution in [0.3, 0.4) is 0 Å². The number of fused-ring (bicyclic) bond motifs is 1. The summed E-state index contributed by atoms with van der Waals surface area (Å²) in [6.07, 6.45) is 5.47. The topological polar surface area (TPSA) is 74.7 Å². The minimum absolute atomic E-state index is 0.0184. The Kier molecular flexibility index (Phi) is 4.72. The minimum Gasteiger partial charge on any atom is -0.341 e. The van der Waals surface area contributed by atoms with Gasteiger partial charge in [0, 0.05) is 42.8 Å². The van der Waals surface area contributed by atoms with E-state index in [0.29, 0.717) is 5.56 Å². The molecular formula is C20H20N4O3S. The minimum atomic E-state index is -0.516. The van der Waals surface area contributed by atoms with Crippen molar-refractivity contribution in [1.29, 1.82) is 0 Å². The van der Waals surface area contributed by atoms with Gasteiger partial charge in [-0.2, -0.15) is 0 Å². The summed E-state index contributed by atoms with van der Waals surface area (Å²) in [5, 5.41) is 3.48. The Morgan fingerprint density at radius 1 is 1.21 bits per heavy atom. The summed E-state index contributed by atoms with van der Waals surface area (Å²) in [4.78, 5) is 40.5. The lowest BCUT2D eigenvalue weighted by Crippen LogP contribution is -2.52. The van der Waals surface area contributed by atoms with Gasteiger partial charge >= 0.3 is 0 Å². The van der Waals surface area contributed by atoms with Gasteiger partial charge in [0.2, 0.25) is 5.91 Å². The van der Waals surface area contributed by atoms with Crippen molar-refractivity contribution >= 4 is 52.0 Å². The maximum Gasteiger partial charge on any atom is 0.265 e. The predicted molar refractivity (Wildman–Crippen MR) is 109 cm³/mol. The van der Waals surface area contributed by atoms with Crippen LogP contribution in [0, 0.1) is 0 Å². The first kappa shape index (κ1) is 18.4. The number of aromatic nitrogens is 1. The van der Waals surface area contributed by atoms with E-state index >= 15 is 0 Å². The molecule has 1 N–H and O–H groups in total. The van der Waals surface area contributed by atoms with E-state index in [1.807, 2.05) is 39.9 Å². The molecule has 0 saturated carbocycles. The lowest BCUT2D eigenvalue weighted by Gasteiger charge is -2.24. The first-order valence-corrected chi connectivity index (χ1v) is 9.57. The van der Waals surface area contributed by atoms with E-state index in [-0.39, 0.29) is 23.1 Å². The van der Waals surface area contributed by atoms with Gasteiger partial charge in [0.15, 0.2) is 5.11 Å². The van der Waals surface area contributed by atoms with Crippen LogP contribution in [-0.2, 0) is 20.9 Å². The van der Waals surface area contributed by atoms with Crippen molar-refractivity contribution in [3.8, 4) is 0 Å². The first-order chi connectivity index (χ1) is 13.5. The predicted octanol–water partition coefficient (Wildman–Crippen LogP) is 1.52. The number of rotatable bonds is 3. The molecule has 3 amide bonds. The van der Waals surface area contributed by atoms with Crippen molar-refractivity contribution < 1.29 is 14.4 Å². The number of thiocarbonyl (C=S) groups is 1. The Hall–Kier alpha value is -3.00. The van der Waals surface area contributed by atoms with E-state index in [4.69, 9.17) is 12.2 Å². The van der Waals surface area contributed by atoms with Crippen molar-refractivity contribution in [3.05, 3.63) is 41.6 Å². The van der Waals surface area contributed by atoms with E-state index in [1.54, 1.807) is 6.08 Å². The van der Waals surface area contributed by atoms with E-state index in [2.05, 4.69) is 5.32 Å². The molecule has 2 saturated heterocycles. The largest absolute Gasteiger partial charge is 0.341 e. The molecule has 2 fully saturated rings. The fourth-order valence-electron chi connectivity index (χ4n) is 3.63. The second-order valence-corrected chi connectivity index (χ2v) is 7.39. The molecule has 1 aromatic heterocycles. The van der Waals surface area contributed by atoms with Gasteiger partial charge in [-0.05, 0) is 37.2 Å². The lowest BCUT2D eigenvalue weighted by atomic mass is 10.1. The van der Waals surface area contributed by atoms with Gasteiger partial charge in [0.05, 0.1) is 0 Å². The second-order valence-electron chi connectivity index (χ2n) is 7.00. The third-order valence-corrected chi connectivity index (χ3v) is 5.56. The van der Waals surface area contributed by atoms with Crippen LogP contribution in [0.15, 0.2) is 36.0 Å². The van der Waals surface area contributed by atoms with Gasteiger partial charge in [-0.15, -0.1) is 0 Å². The average Bonchev–Trinajstić information content (AvgIpc) is 3.33. The van der Waals surface area contributed by atoms with Crippen LogP contribution >= 0.6 is 12.2 Å². The summed E-state index contributed by atoms with van der Waals surface area (Å²) in [5.41, 5.74) is 1.61. The molecule has 7 nitrogen and oxygen atoms in total. The molecule has 2 aliphatic heterocycles. The van der Waals surface area contributed by atoms with Gasteiger partial charge < -0.3 is 9.47 Å². The molecule has 3 heterocycles. The summed E-state index contributed by atoms with van der Waals surface area (Å²) in [7, 11) is 1.52. The highest BCUT2D eigenvalue weighted by atomic mass is 32.1. The number of carbonyl (C=O) groups is 3. The number of likely N-dealkylation sites (N-methyl/N-ethyl adjacent to an activating group) is 1. The number of carbonyl (C=O) groups excluding carboxylic acids is 3. The molecule has 2 aromatic rings. The molecule has 0 unspecified atom stereocenters. The van der Waals surface area contributed by atoms with Crippen molar-refractivity contribution in [2.75, 3.05) is 20.1 Å². The highest BCUT2D eigenvalue weighted by Crippen LogP contribution is 2.25. The quantitative estimate of drug-likeness (QED) is 0.485. The first-order valence-electron chi connectivity index (χ1n) is 9.16. The van der Waals surface area contributed by atoms with Crippen LogP contribution in [0.2, 0.25) is 0 Å². The maximum absolute atomic E-state index is 12.6. The zero-order chi connectivity index (χ0) is 19.8. The monoisotopic (exact) mass is 396 g/mol. The lowest BCUT2D eigenvalue weighted by molar-refractivity contribution is -0.131. The summed E-state index contributed by atoms with van der Waals surface area (Å²) >= 11 is 4.98. The summed E-state index contributed by atoms with van der Waals surface area (Å²) in [6, 6.07) is 7.64. The molecule has 0 radical (unpaired) electrons. The number of hydrogen-bond acceptors (Lipinski definition) is 4. The van der Waals surface area contributed by atoms with Crippen LogP contribution in [-0.4, -0.2) is 57.3 Å². The number of amides is 3. The molecule has 2 aliphatic rings. The molecule has 8 heteroatoms. The maximum atomic E-state index is 12.6. The van der Waals surface area contributed by atoms with Crippen molar-refractivity contribution in [1.82, 2.24) is 19.7 Å². The Bertz CT molecular complexity index is 1030. The molecule has 0 atom stereocenters. The zero-order valence-corrected chi connectivity index (χ0v) is 16.3. The van der Waals surface area contributed by atoms with Gasteiger partial charge in [0.1, 0.15) is 12.1 Å². The molecule has 28 heavy (non-hydrogen) atoms. The van der Waals surface area contributed by atoms with Gasteiger partial charge in [-0.3, -0.25) is 24.6 Å². The number of likely N-dealkylation sites (tertiary alicyclic amines) is 1. The van der Waals surface area contributed by atoms with Gasteiger partial charge in [-0.25, -0.2) is 0 Å². The normalized spacial score (nSPS) is 19.0. The molecule has 4 rings (SSSR count). The highest BCUT2D eigenvalue weighted by molar-refractivity contribution is 7.80. The summed E-state index contributed by atoms with van der Waals surface area (Å²) in [6.45, 7) is 1.83. The third-order valence-electron chi connectivity index (χ3n) is 5.19. The number of benzene rings is 1. The molecule has 0 spiro atoms. The summed E-state index contributed by atoms with van der Waals surface area (Å²) in [5.74, 6) is -0.883. The van der Waals surface area contributed by atoms with E-state index < -0.39 is 11.8 Å². The van der Waals surface area contributed by atoms with Gasteiger partial charge in [0.25, 0.3) is 11.8 Å². The zero-order valence-electron chi connectivity index (χ0n) is 15.5. The Morgan fingerprint density at radius 3 is 2.68 bits per heavy atom. The Balaban J connectivity index is 1.72. The Morgan fingerprint density at radius 2 is 1.93 bits per heavy atom. The van der Waals surface area contributed by atoms with Gasteiger partial charge in [-0.1, -0.05) is 18.2 Å². The molecule has 1 aromatic carbocycles. The molecular weight excluding hydrogens is 376 g/mol.